The molecule has 21 heavy (non-hydrogen) atoms. The van der Waals surface area contributed by atoms with Crippen molar-refractivity contribution in [1.29, 1.82) is 0 Å². The van der Waals surface area contributed by atoms with E-state index in [9.17, 15) is 8.42 Å². The van der Waals surface area contributed by atoms with Crippen LogP contribution in [0.2, 0.25) is 0 Å². The SMILES string of the molecule is CCNCc1cccc2c1ccn2CCS(=O)(=O)C(C)C. The molecule has 0 spiro atoms. The van der Waals surface area contributed by atoms with Gasteiger partial charge in [0.15, 0.2) is 9.84 Å². The van der Waals surface area contributed by atoms with Crippen molar-refractivity contribution in [1.82, 2.24) is 9.88 Å². The van der Waals surface area contributed by atoms with Crippen LogP contribution in [0.1, 0.15) is 26.3 Å². The van der Waals surface area contributed by atoms with Gasteiger partial charge >= 0.3 is 0 Å². The second kappa shape index (κ2) is 6.62. The van der Waals surface area contributed by atoms with Gasteiger partial charge in [0.05, 0.1) is 11.0 Å². The van der Waals surface area contributed by atoms with Crippen LogP contribution in [0.25, 0.3) is 10.9 Å². The zero-order valence-corrected chi connectivity index (χ0v) is 13.8. The van der Waals surface area contributed by atoms with Crippen LogP contribution in [0.3, 0.4) is 0 Å². The van der Waals surface area contributed by atoms with E-state index >= 15 is 0 Å². The van der Waals surface area contributed by atoms with Crippen molar-refractivity contribution < 1.29 is 8.42 Å². The molecule has 2 aromatic rings. The molecule has 0 amide bonds. The summed E-state index contributed by atoms with van der Waals surface area (Å²) in [6.07, 6.45) is 1.98. The van der Waals surface area contributed by atoms with E-state index in [1.807, 2.05) is 22.9 Å². The Morgan fingerprint density at radius 1 is 1.24 bits per heavy atom. The van der Waals surface area contributed by atoms with Crippen molar-refractivity contribution in [2.75, 3.05) is 12.3 Å². The number of fused-ring (bicyclic) bond motifs is 1. The van der Waals surface area contributed by atoms with Crippen LogP contribution in [0, 0.1) is 0 Å². The number of aryl methyl sites for hydroxylation is 1. The molecule has 0 saturated carbocycles. The second-order valence-electron chi connectivity index (χ2n) is 5.56. The van der Waals surface area contributed by atoms with Gasteiger partial charge in [-0.1, -0.05) is 19.1 Å². The van der Waals surface area contributed by atoms with Crippen LogP contribution >= 0.6 is 0 Å². The van der Waals surface area contributed by atoms with E-state index in [4.69, 9.17) is 0 Å². The summed E-state index contributed by atoms with van der Waals surface area (Å²) in [5.74, 6) is 0.186. The quantitative estimate of drug-likeness (QED) is 0.855. The van der Waals surface area contributed by atoms with Gasteiger partial charge in [0.2, 0.25) is 0 Å². The number of aromatic nitrogens is 1. The summed E-state index contributed by atoms with van der Waals surface area (Å²) >= 11 is 0. The van der Waals surface area contributed by atoms with Gasteiger partial charge in [0, 0.05) is 30.2 Å². The average molecular weight is 308 g/mol. The lowest BCUT2D eigenvalue weighted by Crippen LogP contribution is -2.20. The Labute approximate surface area is 127 Å². The molecule has 0 aliphatic carbocycles. The number of rotatable bonds is 7. The molecule has 1 aromatic heterocycles. The number of hydrogen-bond donors (Lipinski definition) is 1. The number of sulfone groups is 1. The number of nitrogens with zero attached hydrogens (tertiary/aromatic N) is 1. The molecule has 2 rings (SSSR count). The normalized spacial score (nSPS) is 12.4. The third-order valence-electron chi connectivity index (χ3n) is 3.80. The highest BCUT2D eigenvalue weighted by molar-refractivity contribution is 7.91. The molecule has 0 aliphatic heterocycles. The highest BCUT2D eigenvalue weighted by Crippen LogP contribution is 2.20. The lowest BCUT2D eigenvalue weighted by atomic mass is 10.1. The van der Waals surface area contributed by atoms with E-state index in [0.29, 0.717) is 6.54 Å². The molecule has 0 atom stereocenters. The van der Waals surface area contributed by atoms with E-state index in [2.05, 4.69) is 24.4 Å². The molecule has 0 aliphatic rings. The molecule has 0 unspecified atom stereocenters. The predicted molar refractivity (Wildman–Crippen MR) is 88.2 cm³/mol. The first-order chi connectivity index (χ1) is 9.95. The molecule has 1 aromatic carbocycles. The monoisotopic (exact) mass is 308 g/mol. The summed E-state index contributed by atoms with van der Waals surface area (Å²) < 4.78 is 25.9. The van der Waals surface area contributed by atoms with Gasteiger partial charge < -0.3 is 9.88 Å². The summed E-state index contributed by atoms with van der Waals surface area (Å²) in [6.45, 7) is 7.83. The van der Waals surface area contributed by atoms with Gasteiger partial charge in [-0.25, -0.2) is 8.42 Å². The number of hydrogen-bond acceptors (Lipinski definition) is 3. The molecule has 0 saturated heterocycles. The minimum atomic E-state index is -3.00. The zero-order valence-electron chi connectivity index (χ0n) is 13.0. The maximum atomic E-state index is 11.9. The Balaban J connectivity index is 2.23. The number of nitrogens with one attached hydrogen (secondary N) is 1. The van der Waals surface area contributed by atoms with Gasteiger partial charge in [0.25, 0.3) is 0 Å². The first-order valence-electron chi connectivity index (χ1n) is 7.44. The maximum absolute atomic E-state index is 11.9. The summed E-state index contributed by atoms with van der Waals surface area (Å²) in [5.41, 5.74) is 2.35. The molecule has 0 radical (unpaired) electrons. The molecule has 116 valence electrons. The van der Waals surface area contributed by atoms with E-state index in [-0.39, 0.29) is 11.0 Å². The van der Waals surface area contributed by atoms with E-state index in [0.717, 1.165) is 18.6 Å². The van der Waals surface area contributed by atoms with Crippen molar-refractivity contribution in [2.45, 2.75) is 39.1 Å². The average Bonchev–Trinajstić information content (AvgIpc) is 2.86. The molecule has 0 fully saturated rings. The van der Waals surface area contributed by atoms with Crippen LogP contribution in [-0.4, -0.2) is 30.5 Å². The van der Waals surface area contributed by atoms with E-state index < -0.39 is 9.84 Å². The Hall–Kier alpha value is -1.33. The predicted octanol–water partition coefficient (Wildman–Crippen LogP) is 2.57. The van der Waals surface area contributed by atoms with E-state index in [1.54, 1.807) is 13.8 Å². The summed E-state index contributed by atoms with van der Waals surface area (Å²) in [6, 6.07) is 8.26. The molecule has 0 bridgehead atoms. The summed E-state index contributed by atoms with van der Waals surface area (Å²) in [7, 11) is -3.00. The minimum absolute atomic E-state index is 0.186. The van der Waals surface area contributed by atoms with Crippen molar-refractivity contribution in [3.63, 3.8) is 0 Å². The highest BCUT2D eigenvalue weighted by Gasteiger charge is 2.16. The van der Waals surface area contributed by atoms with Crippen molar-refractivity contribution in [3.05, 3.63) is 36.0 Å². The largest absolute Gasteiger partial charge is 0.346 e. The van der Waals surface area contributed by atoms with Crippen LogP contribution in [0.4, 0.5) is 0 Å². The highest BCUT2D eigenvalue weighted by atomic mass is 32.2. The van der Waals surface area contributed by atoms with Crippen LogP contribution < -0.4 is 5.32 Å². The maximum Gasteiger partial charge on any atom is 0.154 e. The smallest absolute Gasteiger partial charge is 0.154 e. The summed E-state index contributed by atoms with van der Waals surface area (Å²) in [4.78, 5) is 0. The Bertz CT molecular complexity index is 702. The van der Waals surface area contributed by atoms with Crippen LogP contribution in [0.15, 0.2) is 30.5 Å². The third kappa shape index (κ3) is 3.66. The lowest BCUT2D eigenvalue weighted by Gasteiger charge is -2.10. The van der Waals surface area contributed by atoms with Gasteiger partial charge in [-0.05, 0) is 38.1 Å². The zero-order chi connectivity index (χ0) is 15.5. The first kappa shape index (κ1) is 16.0. The second-order valence-corrected chi connectivity index (χ2v) is 8.23. The van der Waals surface area contributed by atoms with Crippen molar-refractivity contribution in [3.8, 4) is 0 Å². The fraction of sp³-hybridized carbons (Fsp3) is 0.500. The molecular formula is C16H24N2O2S. The summed E-state index contributed by atoms with van der Waals surface area (Å²) in [5, 5.41) is 4.21. The Morgan fingerprint density at radius 3 is 2.67 bits per heavy atom. The first-order valence-corrected chi connectivity index (χ1v) is 9.16. The Kier molecular flexibility index (Phi) is 5.06. The van der Waals surface area contributed by atoms with Gasteiger partial charge in [-0.3, -0.25) is 0 Å². The molecule has 1 heterocycles. The third-order valence-corrected chi connectivity index (χ3v) is 5.99. The Morgan fingerprint density at radius 2 is 2.00 bits per heavy atom. The standard InChI is InChI=1S/C16H24N2O2S/c1-4-17-12-14-6-5-7-16-15(14)8-9-18(16)10-11-21(19,20)13(2)3/h5-9,13,17H,4,10-12H2,1-3H3. The number of benzene rings is 1. The molecule has 5 heteroatoms. The fourth-order valence-electron chi connectivity index (χ4n) is 2.36. The van der Waals surface area contributed by atoms with Gasteiger partial charge in [-0.2, -0.15) is 0 Å². The lowest BCUT2D eigenvalue weighted by molar-refractivity contribution is 0.581. The fourth-order valence-corrected chi connectivity index (χ4v) is 3.28. The van der Waals surface area contributed by atoms with Gasteiger partial charge in [-0.15, -0.1) is 0 Å². The van der Waals surface area contributed by atoms with E-state index in [1.165, 1.54) is 10.9 Å². The van der Waals surface area contributed by atoms with Gasteiger partial charge in [0.1, 0.15) is 0 Å². The van der Waals surface area contributed by atoms with Crippen molar-refractivity contribution in [2.24, 2.45) is 0 Å². The van der Waals surface area contributed by atoms with Crippen molar-refractivity contribution >= 4 is 20.7 Å². The molecular weight excluding hydrogens is 284 g/mol. The van der Waals surface area contributed by atoms with Crippen LogP contribution in [0.5, 0.6) is 0 Å². The van der Waals surface area contributed by atoms with Crippen LogP contribution in [-0.2, 0) is 22.9 Å². The topological polar surface area (TPSA) is 51.1 Å². The minimum Gasteiger partial charge on any atom is -0.346 e. The molecule has 1 N–H and O–H groups in total. The molecule has 4 nitrogen and oxygen atoms in total.